The van der Waals surface area contributed by atoms with Crippen LogP contribution in [-0.2, 0) is 9.59 Å². The Labute approximate surface area is 225 Å². The lowest BCUT2D eigenvalue weighted by Gasteiger charge is -2.23. The van der Waals surface area contributed by atoms with E-state index in [1.165, 1.54) is 10.4 Å². The average Bonchev–Trinajstić information content (AvgIpc) is 3.48. The molecule has 1 N–H and O–H groups in total. The topological polar surface area (TPSA) is 67.2 Å². The number of thioether (sulfide) groups is 1. The number of rotatable bonds is 7. The van der Waals surface area contributed by atoms with Crippen molar-refractivity contribution in [2.45, 2.75) is 32.4 Å². The van der Waals surface area contributed by atoms with Gasteiger partial charge in [0, 0.05) is 22.5 Å². The summed E-state index contributed by atoms with van der Waals surface area (Å²) in [5.74, 6) is 0.680. The van der Waals surface area contributed by atoms with E-state index in [2.05, 4.69) is 35.8 Å². The molecule has 2 aromatic heterocycles. The first kappa shape index (κ1) is 25.3. The first-order chi connectivity index (χ1) is 18.0. The number of aromatic nitrogens is 2. The van der Waals surface area contributed by atoms with E-state index >= 15 is 0 Å². The Bertz CT molecular complexity index is 1410. The Morgan fingerprint density at radius 3 is 2.51 bits per heavy atom. The van der Waals surface area contributed by atoms with Crippen molar-refractivity contribution in [3.8, 4) is 16.9 Å². The molecule has 0 spiro atoms. The fourth-order valence-electron chi connectivity index (χ4n) is 4.52. The van der Waals surface area contributed by atoms with Crippen molar-refractivity contribution in [2.24, 2.45) is 0 Å². The van der Waals surface area contributed by atoms with Gasteiger partial charge in [-0.1, -0.05) is 55.0 Å². The minimum Gasteiger partial charge on any atom is -0.355 e. The van der Waals surface area contributed by atoms with E-state index in [-0.39, 0.29) is 29.4 Å². The fourth-order valence-corrected chi connectivity index (χ4v) is 6.99. The van der Waals surface area contributed by atoms with Gasteiger partial charge in [-0.25, -0.2) is 4.68 Å². The number of fused-ring (bicyclic) bond motifs is 1. The smallest absolute Gasteiger partial charge is 0.240 e. The molecule has 8 heteroatoms. The molecule has 0 saturated heterocycles. The zero-order valence-electron chi connectivity index (χ0n) is 21.2. The van der Waals surface area contributed by atoms with Crippen LogP contribution in [0, 0.1) is 13.8 Å². The third-order valence-corrected chi connectivity index (χ3v) is 8.88. The number of benzene rings is 2. The number of hydrogen-bond acceptors (Lipinski definition) is 5. The molecule has 0 bridgehead atoms. The van der Waals surface area contributed by atoms with Gasteiger partial charge in [0.25, 0.3) is 0 Å². The molecule has 1 aliphatic rings. The van der Waals surface area contributed by atoms with Gasteiger partial charge in [0.15, 0.2) is 0 Å². The Kier molecular flexibility index (Phi) is 7.48. The van der Waals surface area contributed by atoms with Crippen LogP contribution >= 0.6 is 23.1 Å². The first-order valence-corrected chi connectivity index (χ1v) is 14.4. The summed E-state index contributed by atoms with van der Waals surface area (Å²) in [5.41, 5.74) is 5.96. The second-order valence-electron chi connectivity index (χ2n) is 9.19. The van der Waals surface area contributed by atoms with Crippen LogP contribution in [0.2, 0.25) is 0 Å². The third kappa shape index (κ3) is 5.08. The molecule has 190 valence electrons. The molecule has 0 radical (unpaired) electrons. The maximum absolute atomic E-state index is 13.7. The number of aryl methyl sites for hydroxylation is 2. The van der Waals surface area contributed by atoms with Crippen molar-refractivity contribution in [1.82, 2.24) is 15.1 Å². The van der Waals surface area contributed by atoms with Crippen LogP contribution in [0.4, 0.5) is 5.82 Å². The second kappa shape index (κ2) is 10.9. The molecule has 1 atom stereocenters. The lowest BCUT2D eigenvalue weighted by Crippen LogP contribution is -2.42. The molecule has 2 amide bonds. The number of thiophene rings is 1. The summed E-state index contributed by atoms with van der Waals surface area (Å²) in [7, 11) is 0. The Balaban J connectivity index is 1.78. The number of carbonyl (C=O) groups excluding carboxylic acids is 2. The van der Waals surface area contributed by atoms with E-state index < -0.39 is 0 Å². The van der Waals surface area contributed by atoms with Crippen LogP contribution < -0.4 is 10.2 Å². The fraction of sp³-hybridized carbons (Fsp3) is 0.276. The zero-order chi connectivity index (χ0) is 25.9. The zero-order valence-corrected chi connectivity index (χ0v) is 22.9. The predicted octanol–water partition coefficient (Wildman–Crippen LogP) is 5.91. The number of hydrogen-bond donors (Lipinski definition) is 1. The average molecular weight is 531 g/mol. The summed E-state index contributed by atoms with van der Waals surface area (Å²) in [6.07, 6.45) is 0.833. The van der Waals surface area contributed by atoms with Gasteiger partial charge in [-0.05, 0) is 49.4 Å². The Morgan fingerprint density at radius 1 is 1.08 bits per heavy atom. The van der Waals surface area contributed by atoms with Crippen LogP contribution in [0.25, 0.3) is 16.9 Å². The SMILES string of the molecule is CCCNC(=O)CN1C(=O)CSC(c2sccc2C)c2c(-c3ccccc3)nn(-c3ccc(C)cc3)c21. The molecule has 1 unspecified atom stereocenters. The van der Waals surface area contributed by atoms with Crippen LogP contribution in [0.3, 0.4) is 0 Å². The lowest BCUT2D eigenvalue weighted by atomic mass is 10.0. The highest BCUT2D eigenvalue weighted by atomic mass is 32.2. The monoisotopic (exact) mass is 530 g/mol. The van der Waals surface area contributed by atoms with E-state index in [0.717, 1.165) is 34.5 Å². The van der Waals surface area contributed by atoms with Gasteiger partial charge in [0.2, 0.25) is 11.8 Å². The molecular formula is C29H30N4O2S2. The van der Waals surface area contributed by atoms with Crippen molar-refractivity contribution in [1.29, 1.82) is 0 Å². The quantitative estimate of drug-likeness (QED) is 0.322. The van der Waals surface area contributed by atoms with Crippen LogP contribution in [0.15, 0.2) is 66.0 Å². The highest BCUT2D eigenvalue weighted by molar-refractivity contribution is 8.00. The maximum Gasteiger partial charge on any atom is 0.240 e. The van der Waals surface area contributed by atoms with Gasteiger partial charge in [-0.2, -0.15) is 5.10 Å². The molecule has 0 saturated carbocycles. The lowest BCUT2D eigenvalue weighted by molar-refractivity contribution is -0.122. The third-order valence-electron chi connectivity index (χ3n) is 6.43. The van der Waals surface area contributed by atoms with Crippen molar-refractivity contribution >= 4 is 40.7 Å². The van der Waals surface area contributed by atoms with Crippen molar-refractivity contribution < 1.29 is 9.59 Å². The highest BCUT2D eigenvalue weighted by Crippen LogP contribution is 2.50. The van der Waals surface area contributed by atoms with Crippen molar-refractivity contribution in [3.05, 3.63) is 87.6 Å². The molecule has 37 heavy (non-hydrogen) atoms. The molecule has 5 rings (SSSR count). The normalized spacial score (nSPS) is 15.4. The van der Waals surface area contributed by atoms with Crippen LogP contribution in [0.1, 0.15) is 40.2 Å². The van der Waals surface area contributed by atoms with E-state index in [1.54, 1.807) is 28.0 Å². The Morgan fingerprint density at radius 2 is 1.84 bits per heavy atom. The predicted molar refractivity (Wildman–Crippen MR) is 153 cm³/mol. The van der Waals surface area contributed by atoms with Gasteiger partial charge < -0.3 is 5.32 Å². The number of anilines is 1. The summed E-state index contributed by atoms with van der Waals surface area (Å²) in [4.78, 5) is 29.4. The summed E-state index contributed by atoms with van der Waals surface area (Å²) in [6, 6.07) is 20.3. The standard InChI is InChI=1S/C29H30N4O2S2/c1-4-15-30-23(34)17-32-24(35)18-37-28(27-20(3)14-16-36-27)25-26(21-8-6-5-7-9-21)31-33(29(25)32)22-12-10-19(2)11-13-22/h5-14,16,28H,4,15,17-18H2,1-3H3,(H,30,34). The minimum absolute atomic E-state index is 0.0473. The number of carbonyl (C=O) groups is 2. The number of nitrogens with zero attached hydrogens (tertiary/aromatic N) is 3. The van der Waals surface area contributed by atoms with Gasteiger partial charge >= 0.3 is 0 Å². The molecule has 0 fully saturated rings. The Hall–Kier alpha value is -3.36. The second-order valence-corrected chi connectivity index (χ2v) is 11.2. The van der Waals surface area contributed by atoms with Crippen LogP contribution in [-0.4, -0.2) is 40.4 Å². The molecule has 0 aliphatic carbocycles. The summed E-state index contributed by atoms with van der Waals surface area (Å²) in [5, 5.41) is 10.1. The van der Waals surface area contributed by atoms with Crippen molar-refractivity contribution in [3.63, 3.8) is 0 Å². The van der Waals surface area contributed by atoms with Crippen LogP contribution in [0.5, 0.6) is 0 Å². The van der Waals surface area contributed by atoms with Gasteiger partial charge in [-0.3, -0.25) is 14.5 Å². The minimum atomic E-state index is -0.171. The first-order valence-electron chi connectivity index (χ1n) is 12.5. The molecule has 1 aliphatic heterocycles. The van der Waals surface area contributed by atoms with E-state index in [1.807, 2.05) is 61.0 Å². The number of nitrogens with one attached hydrogen (secondary N) is 1. The molecular weight excluding hydrogens is 500 g/mol. The largest absolute Gasteiger partial charge is 0.355 e. The molecule has 4 aromatic rings. The van der Waals surface area contributed by atoms with Gasteiger partial charge in [-0.15, -0.1) is 23.1 Å². The molecule has 3 heterocycles. The molecule has 2 aromatic carbocycles. The van der Waals surface area contributed by atoms with Crippen molar-refractivity contribution in [2.75, 3.05) is 23.7 Å². The summed E-state index contributed by atoms with van der Waals surface area (Å²) in [6.45, 7) is 6.70. The highest BCUT2D eigenvalue weighted by Gasteiger charge is 2.38. The number of amides is 2. The van der Waals surface area contributed by atoms with E-state index in [9.17, 15) is 9.59 Å². The summed E-state index contributed by atoms with van der Waals surface area (Å²) >= 11 is 3.31. The van der Waals surface area contributed by atoms with Gasteiger partial charge in [0.05, 0.1) is 22.4 Å². The molecule has 6 nitrogen and oxygen atoms in total. The van der Waals surface area contributed by atoms with E-state index in [0.29, 0.717) is 12.4 Å². The summed E-state index contributed by atoms with van der Waals surface area (Å²) < 4.78 is 1.85. The van der Waals surface area contributed by atoms with E-state index in [4.69, 9.17) is 5.10 Å². The van der Waals surface area contributed by atoms with Gasteiger partial charge in [0.1, 0.15) is 12.4 Å². The maximum atomic E-state index is 13.7.